The number of fused-ring (bicyclic) bond motifs is 4. The third-order valence-electron chi connectivity index (χ3n) is 7.06. The molecular weight excluding hydrogens is 524 g/mol. The summed E-state index contributed by atoms with van der Waals surface area (Å²) in [4.78, 5) is 0. The average Bonchev–Trinajstić information content (AvgIpc) is 3.18. The van der Waals surface area contributed by atoms with Crippen LogP contribution in [0.4, 0.5) is 0 Å². The zero-order valence-electron chi connectivity index (χ0n) is 18.6. The average molecular weight is 552 g/mol. The highest BCUT2D eigenvalue weighted by Gasteiger charge is 2.32. The van der Waals surface area contributed by atoms with Gasteiger partial charge in [0.15, 0.2) is 0 Å². The van der Waals surface area contributed by atoms with Crippen molar-refractivity contribution in [2.45, 2.75) is 51.2 Å². The van der Waals surface area contributed by atoms with Crippen LogP contribution in [0.25, 0.3) is 17.2 Å². The molecule has 158 valence electrons. The Morgan fingerprint density at radius 2 is 1.32 bits per heavy atom. The summed E-state index contributed by atoms with van der Waals surface area (Å²) < 4.78 is 2.34. The van der Waals surface area contributed by atoms with Gasteiger partial charge in [0.05, 0.1) is 8.07 Å². The topological polar surface area (TPSA) is 0 Å². The van der Waals surface area contributed by atoms with Crippen molar-refractivity contribution in [3.8, 4) is 11.1 Å². The molecule has 0 bridgehead atoms. The molecule has 5 rings (SSSR count). The summed E-state index contributed by atoms with van der Waals surface area (Å²) >= 11 is 7.42. The summed E-state index contributed by atoms with van der Waals surface area (Å²) in [7, 11) is -1.36. The van der Waals surface area contributed by atoms with Crippen molar-refractivity contribution in [2.75, 3.05) is 0 Å². The summed E-state index contributed by atoms with van der Waals surface area (Å²) in [5.41, 5.74) is 10.4. The van der Waals surface area contributed by atoms with Crippen molar-refractivity contribution < 1.29 is 0 Å². The molecule has 0 fully saturated rings. The molecule has 3 heteroatoms. The van der Waals surface area contributed by atoms with Gasteiger partial charge in [0.25, 0.3) is 0 Å². The summed E-state index contributed by atoms with van der Waals surface area (Å²) in [6, 6.07) is 20.6. The van der Waals surface area contributed by atoms with Crippen LogP contribution in [0, 0.1) is 0 Å². The van der Waals surface area contributed by atoms with Gasteiger partial charge < -0.3 is 0 Å². The Balaban J connectivity index is 1.49. The van der Waals surface area contributed by atoms with Crippen LogP contribution in [0.1, 0.15) is 53.9 Å². The van der Waals surface area contributed by atoms with Gasteiger partial charge in [-0.15, -0.1) is 0 Å². The number of rotatable bonds is 4. The predicted octanol–water partition coefficient (Wildman–Crippen LogP) is 8.85. The Hall–Kier alpha value is -1.42. The fourth-order valence-electron chi connectivity index (χ4n) is 5.60. The standard InChI is InChI=1S/C28H28Br2Si/c1-17-14-27-21(6-5-7-28(27)31(2,3)4)20(17)12-13-24-25-15-18(29)8-10-22(25)23-11-9-19(30)16-26(23)24/h5-11,14-16,20,24H,12-13H2,1-4H3. The van der Waals surface area contributed by atoms with Crippen molar-refractivity contribution in [1.82, 2.24) is 0 Å². The predicted molar refractivity (Wildman–Crippen MR) is 144 cm³/mol. The van der Waals surface area contributed by atoms with Crippen LogP contribution < -0.4 is 5.19 Å². The molecule has 2 aliphatic carbocycles. The largest absolute Gasteiger partial charge is 0.0783 e. The highest BCUT2D eigenvalue weighted by Crippen LogP contribution is 2.50. The number of benzene rings is 3. The van der Waals surface area contributed by atoms with Crippen LogP contribution in [-0.4, -0.2) is 8.07 Å². The molecule has 0 saturated carbocycles. The minimum absolute atomic E-state index is 0.456. The lowest BCUT2D eigenvalue weighted by molar-refractivity contribution is 0.618. The lowest BCUT2D eigenvalue weighted by Crippen LogP contribution is -2.39. The van der Waals surface area contributed by atoms with Gasteiger partial charge in [-0.25, -0.2) is 0 Å². The minimum Gasteiger partial charge on any atom is -0.0656 e. The molecule has 0 nitrogen and oxygen atoms in total. The second-order valence-electron chi connectivity index (χ2n) is 10.1. The van der Waals surface area contributed by atoms with Crippen molar-refractivity contribution in [3.63, 3.8) is 0 Å². The molecule has 3 aromatic rings. The molecule has 0 spiro atoms. The van der Waals surface area contributed by atoms with Crippen LogP contribution in [-0.2, 0) is 0 Å². The van der Waals surface area contributed by atoms with E-state index in [-0.39, 0.29) is 0 Å². The maximum Gasteiger partial charge on any atom is 0.0783 e. The zero-order valence-corrected chi connectivity index (χ0v) is 22.8. The third-order valence-corrected chi connectivity index (χ3v) is 10.1. The van der Waals surface area contributed by atoms with E-state index >= 15 is 0 Å². The molecular formula is C28H28Br2Si. The highest BCUT2D eigenvalue weighted by molar-refractivity contribution is 9.10. The Bertz CT molecular complexity index is 1160. The van der Waals surface area contributed by atoms with E-state index in [1.54, 1.807) is 10.8 Å². The normalized spacial score (nSPS) is 17.4. The van der Waals surface area contributed by atoms with E-state index in [1.807, 2.05) is 0 Å². The monoisotopic (exact) mass is 550 g/mol. The second kappa shape index (κ2) is 7.86. The van der Waals surface area contributed by atoms with E-state index in [0.29, 0.717) is 11.8 Å². The molecule has 0 heterocycles. The highest BCUT2D eigenvalue weighted by atomic mass is 79.9. The molecule has 0 radical (unpaired) electrons. The van der Waals surface area contributed by atoms with Crippen LogP contribution in [0.3, 0.4) is 0 Å². The fourth-order valence-corrected chi connectivity index (χ4v) is 7.98. The van der Waals surface area contributed by atoms with Gasteiger partial charge in [-0.1, -0.05) is 98.7 Å². The first-order valence-corrected chi connectivity index (χ1v) is 16.2. The smallest absolute Gasteiger partial charge is 0.0656 e. The van der Waals surface area contributed by atoms with Gasteiger partial charge in [0.1, 0.15) is 0 Å². The lowest BCUT2D eigenvalue weighted by Gasteiger charge is -2.22. The Kier molecular flexibility index (Phi) is 5.43. The number of hydrogen-bond acceptors (Lipinski definition) is 0. The molecule has 0 amide bonds. The number of halogens is 2. The maximum absolute atomic E-state index is 3.71. The summed E-state index contributed by atoms with van der Waals surface area (Å²) in [6.45, 7) is 9.71. The van der Waals surface area contributed by atoms with Gasteiger partial charge in [-0.2, -0.15) is 0 Å². The van der Waals surface area contributed by atoms with Crippen LogP contribution in [0.15, 0.2) is 69.1 Å². The van der Waals surface area contributed by atoms with E-state index in [9.17, 15) is 0 Å². The van der Waals surface area contributed by atoms with E-state index in [1.165, 1.54) is 55.2 Å². The van der Waals surface area contributed by atoms with E-state index < -0.39 is 8.07 Å². The first-order chi connectivity index (χ1) is 14.7. The van der Waals surface area contributed by atoms with Crippen LogP contribution in [0.2, 0.25) is 19.6 Å². The lowest BCUT2D eigenvalue weighted by atomic mass is 9.85. The minimum atomic E-state index is -1.36. The van der Waals surface area contributed by atoms with Gasteiger partial charge >= 0.3 is 0 Å². The molecule has 1 atom stereocenters. The van der Waals surface area contributed by atoms with E-state index in [2.05, 4.69) is 119 Å². The second-order valence-corrected chi connectivity index (χ2v) is 17.0. The first-order valence-electron chi connectivity index (χ1n) is 11.1. The first kappa shape index (κ1) is 21.4. The van der Waals surface area contributed by atoms with Crippen LogP contribution in [0.5, 0.6) is 0 Å². The SMILES string of the molecule is CC1=Cc2c(cccc2[Si](C)(C)C)C1CCC1c2cc(Br)ccc2-c2ccc(Br)cc21. The summed E-state index contributed by atoms with van der Waals surface area (Å²) in [6.07, 6.45) is 4.84. The van der Waals surface area contributed by atoms with Crippen molar-refractivity contribution >= 4 is 51.2 Å². The molecule has 0 aromatic heterocycles. The molecule has 2 aliphatic rings. The van der Waals surface area contributed by atoms with E-state index in [4.69, 9.17) is 0 Å². The number of hydrogen-bond donors (Lipinski definition) is 0. The quantitative estimate of drug-likeness (QED) is 0.284. The van der Waals surface area contributed by atoms with Gasteiger partial charge in [0.2, 0.25) is 0 Å². The van der Waals surface area contributed by atoms with Gasteiger partial charge in [-0.05, 0) is 77.4 Å². The molecule has 1 unspecified atom stereocenters. The zero-order chi connectivity index (χ0) is 21.9. The Morgan fingerprint density at radius 1 is 0.742 bits per heavy atom. The van der Waals surface area contributed by atoms with Crippen molar-refractivity contribution in [2.24, 2.45) is 0 Å². The molecule has 0 aliphatic heterocycles. The summed E-state index contributed by atoms with van der Waals surface area (Å²) in [5.74, 6) is 0.995. The Morgan fingerprint density at radius 3 is 1.90 bits per heavy atom. The van der Waals surface area contributed by atoms with Gasteiger partial charge in [0, 0.05) is 20.8 Å². The van der Waals surface area contributed by atoms with Crippen molar-refractivity contribution in [3.05, 3.63) is 91.4 Å². The molecule has 3 aromatic carbocycles. The molecule has 31 heavy (non-hydrogen) atoms. The maximum atomic E-state index is 3.71. The fraction of sp³-hybridized carbons (Fsp3) is 0.286. The Labute approximate surface area is 204 Å². The molecule has 0 saturated heterocycles. The van der Waals surface area contributed by atoms with Crippen LogP contribution >= 0.6 is 31.9 Å². The number of allylic oxidation sites excluding steroid dienone is 1. The molecule has 0 N–H and O–H groups in total. The summed E-state index contributed by atoms with van der Waals surface area (Å²) in [5, 5.41) is 1.61. The van der Waals surface area contributed by atoms with E-state index in [0.717, 1.165) is 0 Å². The third kappa shape index (κ3) is 3.73. The van der Waals surface area contributed by atoms with Crippen molar-refractivity contribution in [1.29, 1.82) is 0 Å². The van der Waals surface area contributed by atoms with Gasteiger partial charge in [-0.3, -0.25) is 0 Å².